The molecule has 0 spiro atoms. The molecule has 0 aromatic heterocycles. The minimum absolute atomic E-state index is 0.0876. The number of aryl methyl sites for hydroxylation is 3. The van der Waals surface area contributed by atoms with E-state index in [0.29, 0.717) is 85.2 Å². The largest absolute Gasteiger partial charge is 0.498 e. The van der Waals surface area contributed by atoms with Crippen LogP contribution in [0.2, 0.25) is 0 Å². The van der Waals surface area contributed by atoms with Gasteiger partial charge in [0.15, 0.2) is 0 Å². The Morgan fingerprint density at radius 2 is 0.632 bits per heavy atom. The highest BCUT2D eigenvalue weighted by Gasteiger charge is 2.49. The molecule has 18 nitrogen and oxygen atoms in total. The highest BCUT2D eigenvalue weighted by atomic mass is 16.6. The Morgan fingerprint density at radius 3 is 0.972 bits per heavy atom. The van der Waals surface area contributed by atoms with Crippen molar-refractivity contribution in [1.29, 1.82) is 0 Å². The molecule has 6 atom stereocenters. The maximum Gasteiger partial charge on any atom is 0.498 e. The number of ether oxygens (including phenoxy) is 6. The zero-order valence-corrected chi connectivity index (χ0v) is 64.3. The lowest BCUT2D eigenvalue weighted by Gasteiger charge is -2.18. The van der Waals surface area contributed by atoms with E-state index in [1.165, 1.54) is 79.5 Å². The van der Waals surface area contributed by atoms with Gasteiger partial charge in [-0.05, 0) is 186 Å². The van der Waals surface area contributed by atoms with Gasteiger partial charge in [0.25, 0.3) is 0 Å². The van der Waals surface area contributed by atoms with Gasteiger partial charge >= 0.3 is 42.7 Å². The van der Waals surface area contributed by atoms with Gasteiger partial charge < -0.3 is 84.3 Å². The third kappa shape index (κ3) is 15.5. The van der Waals surface area contributed by atoms with E-state index in [4.69, 9.17) is 84.3 Å². The first kappa shape index (κ1) is 76.5. The molecule has 0 N–H and O–H groups in total. The third-order valence-electron chi connectivity index (χ3n) is 22.1. The van der Waals surface area contributed by atoms with Crippen LogP contribution in [0, 0.1) is 0 Å². The summed E-state index contributed by atoms with van der Waals surface area (Å²) in [7, 11) is -1.38. The average molecular weight is 1440 g/mol. The molecular weight excluding hydrogens is 1340 g/mol. The summed E-state index contributed by atoms with van der Waals surface area (Å²) in [5, 5.41) is 0. The fraction of sp³-hybridized carbons (Fsp3) is 0.537. The number of hydrogen-bond acceptors (Lipinski definition) is 18. The van der Waals surface area contributed by atoms with E-state index in [1.807, 2.05) is 18.2 Å². The van der Waals surface area contributed by atoms with Crippen LogP contribution in [0.1, 0.15) is 256 Å². The second kappa shape index (κ2) is 35.2. The number of benzene rings is 6. The average Bonchev–Trinajstić information content (AvgIpc) is 1.67. The zero-order valence-electron chi connectivity index (χ0n) is 64.3. The highest BCUT2D eigenvalue weighted by Crippen LogP contribution is 2.47. The Balaban J connectivity index is 0.000000107. The summed E-state index contributed by atoms with van der Waals surface area (Å²) in [6.45, 7) is 35.0. The van der Waals surface area contributed by atoms with Gasteiger partial charge in [-0.1, -0.05) is 138 Å². The van der Waals surface area contributed by atoms with Crippen molar-refractivity contribution in [3.05, 3.63) is 146 Å². The molecule has 1 fully saturated rings. The molecule has 0 unspecified atom stereocenters. The van der Waals surface area contributed by atoms with E-state index < -0.39 is 0 Å². The van der Waals surface area contributed by atoms with Crippen molar-refractivity contribution in [2.75, 3.05) is 79.3 Å². The van der Waals surface area contributed by atoms with Gasteiger partial charge in [0, 0.05) is 32.8 Å². The van der Waals surface area contributed by atoms with Crippen LogP contribution in [-0.2, 0) is 75.1 Å². The predicted octanol–water partition coefficient (Wildman–Crippen LogP) is 12.7. The van der Waals surface area contributed by atoms with Gasteiger partial charge in [-0.25, -0.2) is 0 Å². The molecule has 560 valence electrons. The van der Waals surface area contributed by atoms with Crippen LogP contribution in [0.5, 0.6) is 34.5 Å². The summed E-state index contributed by atoms with van der Waals surface area (Å²) in [4.78, 5) is 0. The van der Waals surface area contributed by atoms with Gasteiger partial charge in [0.2, 0.25) is 0 Å². The molecule has 0 bridgehead atoms. The molecule has 6 aromatic carbocycles. The van der Waals surface area contributed by atoms with E-state index in [-0.39, 0.29) is 79.3 Å². The first-order valence-corrected chi connectivity index (χ1v) is 40.0. The fourth-order valence-corrected chi connectivity index (χ4v) is 17.1. The normalized spacial score (nSPS) is 22.3. The smallest absolute Gasteiger partial charge is 0.492 e. The van der Waals surface area contributed by atoms with Crippen molar-refractivity contribution >= 4 is 81.6 Å². The number of hydrogen-bond donors (Lipinski definition) is 0. The van der Waals surface area contributed by atoms with Gasteiger partial charge in [-0.15, -0.1) is 0 Å². The van der Waals surface area contributed by atoms with Gasteiger partial charge in [0.1, 0.15) is 74.1 Å². The van der Waals surface area contributed by atoms with Crippen molar-refractivity contribution in [3.8, 4) is 34.5 Å². The van der Waals surface area contributed by atoms with E-state index in [2.05, 4.69) is 143 Å². The van der Waals surface area contributed by atoms with Crippen molar-refractivity contribution in [3.63, 3.8) is 0 Å². The molecular formula is C82H106B6O18. The molecule has 13 aliphatic rings. The molecule has 12 aliphatic heterocycles. The second-order valence-corrected chi connectivity index (χ2v) is 29.1. The van der Waals surface area contributed by atoms with Crippen molar-refractivity contribution < 1.29 is 84.3 Å². The van der Waals surface area contributed by atoms with E-state index >= 15 is 0 Å². The van der Waals surface area contributed by atoms with Gasteiger partial charge in [-0.3, -0.25) is 0 Å². The molecule has 1 aliphatic carbocycles. The maximum atomic E-state index is 6.06. The van der Waals surface area contributed by atoms with Crippen LogP contribution in [0.15, 0.2) is 79.4 Å². The first-order valence-electron chi connectivity index (χ1n) is 40.0. The lowest BCUT2D eigenvalue weighted by atomic mass is 9.75. The summed E-state index contributed by atoms with van der Waals surface area (Å²) in [5.41, 5.74) is 22.7. The Hall–Kier alpha value is -6.23. The quantitative estimate of drug-likeness (QED) is 0.0944. The van der Waals surface area contributed by atoms with Crippen LogP contribution in [0.25, 0.3) is 6.08 Å². The Labute approximate surface area is 630 Å². The molecule has 0 radical (unpaired) electrons. The molecule has 0 saturated heterocycles. The van der Waals surface area contributed by atoms with E-state index in [9.17, 15) is 0 Å². The molecule has 1 saturated carbocycles. The van der Waals surface area contributed by atoms with E-state index in [1.54, 1.807) is 0 Å². The molecule has 6 aromatic rings. The first-order chi connectivity index (χ1) is 52.0. The SMILES string of the molecule is C=Cc1ccc2c3c1[C@@H](CC)OB3OCCO2.CCCc1ccc2c3c1[C@@H](CC)OB3OCCO2.CCCc1ccc2c3c1[C@@H](CC)OB3OCCO2.CC[C@H]1OB2OCCOc3ccc(C(C)C)c1c32.CC[C@H]1OB2OCCOc3ccc(C4CC4)c1c32.CCc1ccc2c3c1[C@@H](CC)OB3OCCO2. The molecule has 106 heavy (non-hydrogen) atoms. The van der Waals surface area contributed by atoms with E-state index in [0.717, 1.165) is 144 Å². The lowest BCUT2D eigenvalue weighted by molar-refractivity contribution is 0.140. The summed E-state index contributed by atoms with van der Waals surface area (Å²) in [6.07, 6.45) is 16.7. The summed E-state index contributed by atoms with van der Waals surface area (Å²) in [6, 6.07) is 25.4. The predicted molar refractivity (Wildman–Crippen MR) is 418 cm³/mol. The zero-order chi connectivity index (χ0) is 73.5. The van der Waals surface area contributed by atoms with Crippen LogP contribution < -0.4 is 61.2 Å². The maximum absolute atomic E-state index is 6.06. The van der Waals surface area contributed by atoms with Crippen molar-refractivity contribution in [1.82, 2.24) is 0 Å². The van der Waals surface area contributed by atoms with Crippen LogP contribution in [0.3, 0.4) is 0 Å². The van der Waals surface area contributed by atoms with Crippen molar-refractivity contribution in [2.45, 2.75) is 208 Å². The summed E-state index contributed by atoms with van der Waals surface area (Å²) < 4.78 is 105. The summed E-state index contributed by atoms with van der Waals surface area (Å²) >= 11 is 0. The van der Waals surface area contributed by atoms with Gasteiger partial charge in [0.05, 0.1) is 76.3 Å². The van der Waals surface area contributed by atoms with Crippen LogP contribution >= 0.6 is 0 Å². The van der Waals surface area contributed by atoms with Crippen molar-refractivity contribution in [2.24, 2.45) is 0 Å². The minimum atomic E-state index is -0.271. The topological polar surface area (TPSA) is 166 Å². The molecule has 12 heterocycles. The van der Waals surface area contributed by atoms with Gasteiger partial charge in [-0.2, -0.15) is 0 Å². The van der Waals surface area contributed by atoms with Crippen LogP contribution in [-0.4, -0.2) is 122 Å². The monoisotopic (exact) mass is 1440 g/mol. The Bertz CT molecular complexity index is 3880. The minimum Gasteiger partial charge on any atom is -0.492 e. The third-order valence-corrected chi connectivity index (χ3v) is 22.1. The van der Waals surface area contributed by atoms with Crippen LogP contribution in [0.4, 0.5) is 0 Å². The lowest BCUT2D eigenvalue weighted by Crippen LogP contribution is -2.31. The fourth-order valence-electron chi connectivity index (χ4n) is 17.1. The Kier molecular flexibility index (Phi) is 25.4. The molecule has 19 rings (SSSR count). The number of rotatable bonds is 14. The summed E-state index contributed by atoms with van der Waals surface area (Å²) in [5.74, 6) is 6.86. The second-order valence-electron chi connectivity index (χ2n) is 29.1. The highest BCUT2D eigenvalue weighted by molar-refractivity contribution is 6.67. The molecule has 24 heteroatoms. The molecule has 0 amide bonds. The Morgan fingerprint density at radius 1 is 0.340 bits per heavy atom. The standard InChI is InChI=1S/C14H17BO3.3C14H19BO3.C13H17BO3.C13H15BO3/c1-2-11-13-10(9-3-4-9)5-6-12-14(13)15(18-11)17-8-7-16-12;1-4-11-13-10(9(2)3)5-6-12-14(13)15(18-11)17-8-7-16-12;2*1-3-5-10-6-7-12-14-13(10)11(4-2)18-15(14)17-9-8-16-12;2*1-3-9-5-6-11-13-12(9)10(4-2)17-14(13)16-8-7-15-11/h5-6,9,11H,2-4,7-8H2,1H3;5-6,9,11H,4,7-8H2,1-3H3;2*6-7,11H,3-5,8-9H2,1-2H3;5-6,10H,3-4,7-8H2,1-2H3;3,5-6,10H,1,4,7-8H2,2H3/t4*11-;2*10-/m111111/s1.